The number of nitrogens with one attached hydrogen (secondary N) is 2. The number of carbonyl (C=O) groups is 1. The number of aliphatic hydroxyl groups excluding tert-OH is 2. The molecule has 0 aromatic carbocycles. The highest BCUT2D eigenvalue weighted by Gasteiger charge is 2.75. The second-order valence-corrected chi connectivity index (χ2v) is 7.49. The van der Waals surface area contributed by atoms with Crippen molar-refractivity contribution in [3.8, 4) is 0 Å². The quantitative estimate of drug-likeness (QED) is 0.575. The lowest BCUT2D eigenvalue weighted by Crippen LogP contribution is -2.41. The van der Waals surface area contributed by atoms with Crippen LogP contribution in [0.1, 0.15) is 25.8 Å². The van der Waals surface area contributed by atoms with Gasteiger partial charge in [0.2, 0.25) is 5.91 Å². The van der Waals surface area contributed by atoms with Gasteiger partial charge in [-0.05, 0) is 12.8 Å². The number of nitrogens with zero attached hydrogens (tertiary/aromatic N) is 3. The molecule has 8 nitrogen and oxygen atoms in total. The first-order valence-corrected chi connectivity index (χ1v) is 9.18. The Morgan fingerprint density at radius 2 is 2.27 bits per heavy atom. The van der Waals surface area contributed by atoms with Gasteiger partial charge in [-0.1, -0.05) is 18.5 Å². The Kier molecular flexibility index (Phi) is 4.09. The molecule has 9 heteroatoms. The fourth-order valence-corrected chi connectivity index (χ4v) is 4.56. The molecular weight excluding hydrogens is 358 g/mol. The summed E-state index contributed by atoms with van der Waals surface area (Å²) in [7, 11) is 1.54. The third kappa shape index (κ3) is 2.25. The normalized spacial score (nSPS) is 32.5. The summed E-state index contributed by atoms with van der Waals surface area (Å²) < 4.78 is 1.74. The van der Waals surface area contributed by atoms with Crippen LogP contribution in [0, 0.1) is 11.3 Å². The number of amides is 1. The van der Waals surface area contributed by atoms with E-state index < -0.39 is 23.7 Å². The number of anilines is 1. The van der Waals surface area contributed by atoms with Gasteiger partial charge in [-0.2, -0.15) is 0 Å². The van der Waals surface area contributed by atoms with Crippen molar-refractivity contribution in [3.63, 3.8) is 0 Å². The minimum atomic E-state index is -1.12. The van der Waals surface area contributed by atoms with E-state index in [2.05, 4.69) is 27.5 Å². The lowest BCUT2D eigenvalue weighted by molar-refractivity contribution is -0.132. The Morgan fingerprint density at radius 3 is 2.96 bits per heavy atom. The van der Waals surface area contributed by atoms with Crippen molar-refractivity contribution in [1.82, 2.24) is 19.9 Å². The largest absolute Gasteiger partial charge is 0.389 e. The summed E-state index contributed by atoms with van der Waals surface area (Å²) in [6.45, 7) is 2.84. The van der Waals surface area contributed by atoms with Gasteiger partial charge in [0.25, 0.3) is 0 Å². The summed E-state index contributed by atoms with van der Waals surface area (Å²) in [5.74, 6) is -0.407. The fourth-order valence-electron chi connectivity index (χ4n) is 4.38. The number of rotatable bonds is 5. The topological polar surface area (TPSA) is 112 Å². The Morgan fingerprint density at radius 1 is 1.50 bits per heavy atom. The van der Waals surface area contributed by atoms with E-state index in [1.165, 1.54) is 0 Å². The number of carbonyl (C=O) groups excluding carboxylic acids is 1. The van der Waals surface area contributed by atoms with Gasteiger partial charge in [-0.25, -0.2) is 9.97 Å². The third-order valence-corrected chi connectivity index (χ3v) is 5.90. The van der Waals surface area contributed by atoms with Crippen molar-refractivity contribution in [3.05, 3.63) is 17.5 Å². The first-order chi connectivity index (χ1) is 12.5. The SMILES string of the molecule is CCCNc1cc(Cl)nc2c1ncn2[C@H]1[C@H](O)[C@H](O)[C@@]2(C(=O)NC)C[C@H]12. The Bertz CT molecular complexity index is 871. The van der Waals surface area contributed by atoms with Crippen molar-refractivity contribution >= 4 is 34.4 Å². The molecule has 2 aliphatic rings. The van der Waals surface area contributed by atoms with E-state index in [-0.39, 0.29) is 11.8 Å². The van der Waals surface area contributed by atoms with Gasteiger partial charge in [0, 0.05) is 25.6 Å². The zero-order valence-electron chi connectivity index (χ0n) is 14.6. The van der Waals surface area contributed by atoms with Crippen LogP contribution in [0.15, 0.2) is 12.4 Å². The highest BCUT2D eigenvalue weighted by Crippen LogP contribution is 2.67. The average molecular weight is 380 g/mol. The second-order valence-electron chi connectivity index (χ2n) is 7.10. The van der Waals surface area contributed by atoms with Crippen LogP contribution in [-0.2, 0) is 4.79 Å². The van der Waals surface area contributed by atoms with Crippen LogP contribution in [0.5, 0.6) is 0 Å². The lowest BCUT2D eigenvalue weighted by Gasteiger charge is -2.23. The number of hydrogen-bond donors (Lipinski definition) is 4. The smallest absolute Gasteiger partial charge is 0.229 e. The molecule has 0 aliphatic heterocycles. The van der Waals surface area contributed by atoms with Gasteiger partial charge in [-0.3, -0.25) is 4.79 Å². The number of pyridine rings is 1. The maximum atomic E-state index is 12.3. The molecule has 26 heavy (non-hydrogen) atoms. The second kappa shape index (κ2) is 6.07. The monoisotopic (exact) mass is 379 g/mol. The van der Waals surface area contributed by atoms with Crippen molar-refractivity contribution in [2.75, 3.05) is 18.9 Å². The van der Waals surface area contributed by atoms with Gasteiger partial charge in [-0.15, -0.1) is 0 Å². The number of halogens is 1. The summed E-state index contributed by atoms with van der Waals surface area (Å²) in [5.41, 5.74) is 1.04. The average Bonchev–Trinajstić information content (AvgIpc) is 3.17. The summed E-state index contributed by atoms with van der Waals surface area (Å²) in [6.07, 6.45) is 0.885. The van der Waals surface area contributed by atoms with Crippen LogP contribution in [0.2, 0.25) is 5.15 Å². The van der Waals surface area contributed by atoms with Gasteiger partial charge in [0.05, 0.1) is 29.6 Å². The van der Waals surface area contributed by atoms with Crippen molar-refractivity contribution in [1.29, 1.82) is 0 Å². The Hall–Kier alpha value is -1.90. The molecule has 0 spiro atoms. The predicted molar refractivity (Wildman–Crippen MR) is 97.0 cm³/mol. The van der Waals surface area contributed by atoms with Crippen LogP contribution in [-0.4, -0.2) is 56.5 Å². The van der Waals surface area contributed by atoms with Crippen LogP contribution in [0.25, 0.3) is 11.2 Å². The van der Waals surface area contributed by atoms with Gasteiger partial charge in [0.15, 0.2) is 5.65 Å². The van der Waals surface area contributed by atoms with Gasteiger partial charge in [0.1, 0.15) is 16.8 Å². The number of aromatic nitrogens is 3. The van der Waals surface area contributed by atoms with E-state index >= 15 is 0 Å². The number of imidazole rings is 1. The molecule has 1 amide bonds. The molecule has 0 unspecified atom stereocenters. The van der Waals surface area contributed by atoms with Crippen molar-refractivity contribution in [2.45, 2.75) is 38.0 Å². The highest BCUT2D eigenvalue weighted by molar-refractivity contribution is 6.30. The summed E-state index contributed by atoms with van der Waals surface area (Å²) in [4.78, 5) is 21.1. The summed E-state index contributed by atoms with van der Waals surface area (Å²) in [6, 6.07) is 1.25. The molecule has 0 bridgehead atoms. The minimum absolute atomic E-state index is 0.169. The molecule has 0 radical (unpaired) electrons. The first kappa shape index (κ1) is 17.5. The van der Waals surface area contributed by atoms with Crippen LogP contribution in [0.3, 0.4) is 0 Å². The molecule has 2 aliphatic carbocycles. The predicted octanol–water partition coefficient (Wildman–Crippen LogP) is 0.935. The molecule has 0 saturated heterocycles. The molecule has 4 rings (SSSR count). The standard InChI is InChI=1S/C17H22ClN5O3/c1-3-4-20-9-5-10(18)22-15-11(9)21-7-23(15)12-8-6-17(8,16(26)19-2)14(25)13(12)24/h5,7-8,12-14,24-25H,3-4,6H2,1-2H3,(H,19,26)(H,20,22)/t8-,12-,13+,14+,17-/m1/s1. The van der Waals surface area contributed by atoms with Crippen LogP contribution >= 0.6 is 11.6 Å². The molecule has 2 saturated carbocycles. The van der Waals surface area contributed by atoms with E-state index in [1.807, 2.05) is 0 Å². The molecule has 5 atom stereocenters. The van der Waals surface area contributed by atoms with Crippen LogP contribution in [0.4, 0.5) is 5.69 Å². The van der Waals surface area contributed by atoms with E-state index in [0.717, 1.165) is 18.7 Å². The molecule has 4 N–H and O–H groups in total. The van der Waals surface area contributed by atoms with E-state index in [9.17, 15) is 15.0 Å². The summed E-state index contributed by atoms with van der Waals surface area (Å²) >= 11 is 6.18. The Labute approximate surface area is 155 Å². The molecule has 2 aromatic heterocycles. The Balaban J connectivity index is 1.76. The van der Waals surface area contributed by atoms with Gasteiger partial charge < -0.3 is 25.4 Å². The maximum Gasteiger partial charge on any atom is 0.229 e. The number of hydrogen-bond acceptors (Lipinski definition) is 6. The molecule has 140 valence electrons. The zero-order valence-corrected chi connectivity index (χ0v) is 15.4. The number of fused-ring (bicyclic) bond motifs is 2. The summed E-state index contributed by atoms with van der Waals surface area (Å²) in [5, 5.41) is 27.4. The zero-order chi connectivity index (χ0) is 18.6. The third-order valence-electron chi connectivity index (χ3n) is 5.71. The fraction of sp³-hybridized carbons (Fsp3) is 0.588. The maximum absolute atomic E-state index is 12.3. The first-order valence-electron chi connectivity index (χ1n) is 8.81. The molecule has 2 aromatic rings. The van der Waals surface area contributed by atoms with Crippen molar-refractivity contribution in [2.24, 2.45) is 11.3 Å². The minimum Gasteiger partial charge on any atom is -0.389 e. The number of aliphatic hydroxyl groups is 2. The van der Waals surface area contributed by atoms with E-state index in [1.54, 1.807) is 24.0 Å². The molecule has 2 fully saturated rings. The van der Waals surface area contributed by atoms with Crippen LogP contribution < -0.4 is 10.6 Å². The molecule has 2 heterocycles. The molecular formula is C17H22ClN5O3. The van der Waals surface area contributed by atoms with E-state index in [0.29, 0.717) is 22.7 Å². The van der Waals surface area contributed by atoms with Gasteiger partial charge >= 0.3 is 0 Å². The highest BCUT2D eigenvalue weighted by atomic mass is 35.5. The van der Waals surface area contributed by atoms with E-state index in [4.69, 9.17) is 11.6 Å². The lowest BCUT2D eigenvalue weighted by atomic mass is 9.98. The van der Waals surface area contributed by atoms with Crippen molar-refractivity contribution < 1.29 is 15.0 Å².